The zero-order valence-electron chi connectivity index (χ0n) is 15.3. The Bertz CT molecular complexity index is 864. The fourth-order valence-corrected chi connectivity index (χ4v) is 4.16. The van der Waals surface area contributed by atoms with E-state index in [9.17, 15) is 9.59 Å². The molecule has 1 aromatic heterocycles. The van der Waals surface area contributed by atoms with Crippen molar-refractivity contribution in [1.29, 1.82) is 0 Å². The summed E-state index contributed by atoms with van der Waals surface area (Å²) in [6.45, 7) is 1.62. The van der Waals surface area contributed by atoms with Crippen LogP contribution in [0, 0.1) is 5.92 Å². The maximum absolute atomic E-state index is 13.0. The molecule has 0 N–H and O–H groups in total. The number of likely N-dealkylation sites (tertiary alicyclic amines) is 1. The van der Waals surface area contributed by atoms with Crippen molar-refractivity contribution in [3.8, 4) is 5.88 Å². The smallest absolute Gasteiger partial charge is 0.232 e. The molecule has 2 unspecified atom stereocenters. The summed E-state index contributed by atoms with van der Waals surface area (Å²) in [6, 6.07) is 7.59. The van der Waals surface area contributed by atoms with Crippen molar-refractivity contribution in [1.82, 2.24) is 14.9 Å². The van der Waals surface area contributed by atoms with E-state index in [1.54, 1.807) is 23.5 Å². The maximum Gasteiger partial charge on any atom is 0.232 e. The lowest BCUT2D eigenvalue weighted by atomic mass is 10.0. The average Bonchev–Trinajstić information content (AvgIpc) is 3.10. The van der Waals surface area contributed by atoms with Gasteiger partial charge in [-0.2, -0.15) is 0 Å². The van der Waals surface area contributed by atoms with Crippen molar-refractivity contribution in [2.24, 2.45) is 5.92 Å². The Morgan fingerprint density at radius 1 is 1.25 bits per heavy atom. The lowest BCUT2D eigenvalue weighted by Crippen LogP contribution is -2.47. The van der Waals surface area contributed by atoms with Crippen LogP contribution in [0.3, 0.4) is 0 Å². The number of nitrogens with zero attached hydrogens (tertiary/aromatic N) is 4. The molecule has 146 valence electrons. The summed E-state index contributed by atoms with van der Waals surface area (Å²) in [5.41, 5.74) is 0.817. The van der Waals surface area contributed by atoms with Crippen LogP contribution in [-0.2, 0) is 9.59 Å². The Kier molecular flexibility index (Phi) is 5.57. The molecule has 2 aliphatic heterocycles. The molecular formula is C20H21BrN4O3. The summed E-state index contributed by atoms with van der Waals surface area (Å²) in [5.74, 6) is 0.166. The highest BCUT2D eigenvalue weighted by Gasteiger charge is 2.38. The molecule has 0 radical (unpaired) electrons. The minimum absolute atomic E-state index is 0.0131. The van der Waals surface area contributed by atoms with Crippen LogP contribution < -0.4 is 9.64 Å². The van der Waals surface area contributed by atoms with Crippen LogP contribution >= 0.6 is 15.9 Å². The molecule has 3 heterocycles. The monoisotopic (exact) mass is 444 g/mol. The zero-order chi connectivity index (χ0) is 19.5. The molecule has 2 saturated heterocycles. The fraction of sp³-hybridized carbons (Fsp3) is 0.400. The van der Waals surface area contributed by atoms with Gasteiger partial charge in [0.05, 0.1) is 18.7 Å². The number of anilines is 1. The Labute approximate surface area is 171 Å². The zero-order valence-corrected chi connectivity index (χ0v) is 16.9. The number of benzene rings is 1. The number of ether oxygens (including phenoxy) is 1. The van der Waals surface area contributed by atoms with Crippen molar-refractivity contribution in [2.45, 2.75) is 25.4 Å². The Balaban J connectivity index is 1.39. The van der Waals surface area contributed by atoms with Gasteiger partial charge in [-0.05, 0) is 31.0 Å². The third-order valence-corrected chi connectivity index (χ3v) is 5.60. The van der Waals surface area contributed by atoms with Gasteiger partial charge in [-0.3, -0.25) is 14.6 Å². The van der Waals surface area contributed by atoms with Gasteiger partial charge < -0.3 is 14.5 Å². The molecule has 8 heteroatoms. The molecule has 28 heavy (non-hydrogen) atoms. The van der Waals surface area contributed by atoms with Gasteiger partial charge in [0, 0.05) is 42.1 Å². The topological polar surface area (TPSA) is 75.6 Å². The first kappa shape index (κ1) is 18.9. The lowest BCUT2D eigenvalue weighted by Gasteiger charge is -2.34. The third-order valence-electron chi connectivity index (χ3n) is 5.11. The van der Waals surface area contributed by atoms with Gasteiger partial charge in [0.25, 0.3) is 0 Å². The summed E-state index contributed by atoms with van der Waals surface area (Å²) in [7, 11) is 0. The van der Waals surface area contributed by atoms with Gasteiger partial charge in [0.1, 0.15) is 6.10 Å². The van der Waals surface area contributed by atoms with E-state index in [0.29, 0.717) is 25.5 Å². The highest BCUT2D eigenvalue weighted by Crippen LogP contribution is 2.29. The van der Waals surface area contributed by atoms with Crippen LogP contribution in [0.15, 0.2) is 47.3 Å². The predicted octanol–water partition coefficient (Wildman–Crippen LogP) is 2.66. The highest BCUT2D eigenvalue weighted by molar-refractivity contribution is 9.10. The minimum atomic E-state index is -0.318. The number of hydrogen-bond acceptors (Lipinski definition) is 5. The van der Waals surface area contributed by atoms with Crippen LogP contribution in [-0.4, -0.2) is 52.4 Å². The van der Waals surface area contributed by atoms with E-state index >= 15 is 0 Å². The number of piperidine rings is 1. The van der Waals surface area contributed by atoms with E-state index in [4.69, 9.17) is 4.74 Å². The second-order valence-electron chi connectivity index (χ2n) is 7.10. The molecule has 1 aromatic carbocycles. The molecule has 2 aliphatic rings. The number of halogens is 1. The van der Waals surface area contributed by atoms with Crippen molar-refractivity contribution in [2.75, 3.05) is 24.5 Å². The first-order chi connectivity index (χ1) is 13.6. The van der Waals surface area contributed by atoms with Crippen LogP contribution in [0.1, 0.15) is 19.3 Å². The van der Waals surface area contributed by atoms with E-state index in [-0.39, 0.29) is 30.3 Å². The molecule has 7 nitrogen and oxygen atoms in total. The molecule has 2 amide bonds. The lowest BCUT2D eigenvalue weighted by molar-refractivity contribution is -0.138. The van der Waals surface area contributed by atoms with Gasteiger partial charge in [-0.1, -0.05) is 22.0 Å². The number of amides is 2. The van der Waals surface area contributed by atoms with Gasteiger partial charge in [-0.15, -0.1) is 0 Å². The Hall–Kier alpha value is -2.48. The molecule has 2 fully saturated rings. The van der Waals surface area contributed by atoms with Gasteiger partial charge in [0.15, 0.2) is 0 Å². The molecule has 0 spiro atoms. The summed E-state index contributed by atoms with van der Waals surface area (Å²) < 4.78 is 6.78. The summed E-state index contributed by atoms with van der Waals surface area (Å²) in [6.07, 6.45) is 6.64. The first-order valence-electron chi connectivity index (χ1n) is 9.37. The second-order valence-corrected chi connectivity index (χ2v) is 8.01. The van der Waals surface area contributed by atoms with Crippen LogP contribution in [0.25, 0.3) is 0 Å². The van der Waals surface area contributed by atoms with E-state index in [1.165, 1.54) is 0 Å². The van der Waals surface area contributed by atoms with Crippen molar-refractivity contribution in [3.05, 3.63) is 47.3 Å². The minimum Gasteiger partial charge on any atom is -0.471 e. The third kappa shape index (κ3) is 4.16. The number of aromatic nitrogens is 2. The van der Waals surface area contributed by atoms with E-state index in [0.717, 1.165) is 23.0 Å². The molecule has 2 aromatic rings. The predicted molar refractivity (Wildman–Crippen MR) is 107 cm³/mol. The molecule has 4 rings (SSSR count). The average molecular weight is 445 g/mol. The Morgan fingerprint density at radius 2 is 2.14 bits per heavy atom. The quantitative estimate of drug-likeness (QED) is 0.724. The van der Waals surface area contributed by atoms with Crippen LogP contribution in [0.2, 0.25) is 0 Å². The molecular weight excluding hydrogens is 424 g/mol. The SMILES string of the molecule is O=C(C1CC(=O)N(c2cccc(Br)c2)C1)N1CCCC(Oc2cnccn2)C1. The van der Waals surface area contributed by atoms with Gasteiger partial charge in [-0.25, -0.2) is 4.98 Å². The summed E-state index contributed by atoms with van der Waals surface area (Å²) >= 11 is 3.43. The van der Waals surface area contributed by atoms with Crippen molar-refractivity contribution < 1.29 is 14.3 Å². The Morgan fingerprint density at radius 3 is 2.93 bits per heavy atom. The normalized spacial score (nSPS) is 22.4. The van der Waals surface area contributed by atoms with E-state index in [2.05, 4.69) is 25.9 Å². The summed E-state index contributed by atoms with van der Waals surface area (Å²) in [5, 5.41) is 0. The fourth-order valence-electron chi connectivity index (χ4n) is 3.78. The molecule has 0 bridgehead atoms. The van der Waals surface area contributed by atoms with E-state index < -0.39 is 0 Å². The number of rotatable bonds is 4. The molecule has 0 saturated carbocycles. The second kappa shape index (κ2) is 8.26. The van der Waals surface area contributed by atoms with Crippen LogP contribution in [0.5, 0.6) is 5.88 Å². The van der Waals surface area contributed by atoms with Gasteiger partial charge in [0.2, 0.25) is 17.7 Å². The molecule has 0 aliphatic carbocycles. The maximum atomic E-state index is 13.0. The number of hydrogen-bond donors (Lipinski definition) is 0. The van der Waals surface area contributed by atoms with Crippen molar-refractivity contribution in [3.63, 3.8) is 0 Å². The highest BCUT2D eigenvalue weighted by atomic mass is 79.9. The number of carbonyl (C=O) groups is 2. The first-order valence-corrected chi connectivity index (χ1v) is 10.2. The standard InChI is InChI=1S/C20H21BrN4O3/c21-15-3-1-4-16(10-15)25-12-14(9-19(25)26)20(27)24-8-2-5-17(13-24)28-18-11-22-6-7-23-18/h1,3-4,6-7,10-11,14,17H,2,5,8-9,12-13H2. The largest absolute Gasteiger partial charge is 0.471 e. The van der Waals surface area contributed by atoms with Gasteiger partial charge >= 0.3 is 0 Å². The number of carbonyl (C=O) groups excluding carboxylic acids is 2. The van der Waals surface area contributed by atoms with Crippen molar-refractivity contribution >= 4 is 33.4 Å². The van der Waals surface area contributed by atoms with Crippen LogP contribution in [0.4, 0.5) is 5.69 Å². The van der Waals surface area contributed by atoms with E-state index in [1.807, 2.05) is 29.2 Å². The molecule has 2 atom stereocenters. The summed E-state index contributed by atoms with van der Waals surface area (Å²) in [4.78, 5) is 37.2.